The smallest absolute Gasteiger partial charge is 0.257 e. The van der Waals surface area contributed by atoms with Crippen molar-refractivity contribution < 1.29 is 9.18 Å². The largest absolute Gasteiger partial charge is 0.338 e. The maximum absolute atomic E-state index is 14.0. The van der Waals surface area contributed by atoms with E-state index < -0.39 is 0 Å². The van der Waals surface area contributed by atoms with Gasteiger partial charge in [-0.3, -0.25) is 9.89 Å². The van der Waals surface area contributed by atoms with E-state index in [1.54, 1.807) is 23.1 Å². The van der Waals surface area contributed by atoms with Gasteiger partial charge >= 0.3 is 0 Å². The van der Waals surface area contributed by atoms with E-state index in [9.17, 15) is 9.18 Å². The molecule has 2 aromatic rings. The first-order valence-electron chi connectivity index (χ1n) is 7.73. The molecule has 5 nitrogen and oxygen atoms in total. The minimum atomic E-state index is -0.383. The van der Waals surface area contributed by atoms with Gasteiger partial charge in [0.2, 0.25) is 0 Å². The quantitative estimate of drug-likeness (QED) is 0.872. The van der Waals surface area contributed by atoms with Crippen LogP contribution in [-0.4, -0.2) is 40.1 Å². The van der Waals surface area contributed by atoms with Crippen LogP contribution in [0, 0.1) is 11.2 Å². The average molecular weight is 353 g/mol. The van der Waals surface area contributed by atoms with E-state index in [2.05, 4.69) is 24.0 Å². The number of nitrogens with zero attached hydrogens (tertiary/aromatic N) is 2. The van der Waals surface area contributed by atoms with E-state index in [-0.39, 0.29) is 35.6 Å². The summed E-state index contributed by atoms with van der Waals surface area (Å²) in [6.07, 6.45) is 2.22. The molecule has 3 rings (SSSR count). The molecule has 0 radical (unpaired) electrons. The summed E-state index contributed by atoms with van der Waals surface area (Å²) in [5.74, 6) is -0.524. The van der Waals surface area contributed by atoms with E-state index >= 15 is 0 Å². The Labute approximate surface area is 146 Å². The van der Waals surface area contributed by atoms with Crippen LogP contribution in [0.25, 0.3) is 11.3 Å². The lowest BCUT2D eigenvalue weighted by Gasteiger charge is -2.42. The highest BCUT2D eigenvalue weighted by Gasteiger charge is 2.36. The number of aromatic amines is 1. The molecule has 1 saturated heterocycles. The molecule has 1 unspecified atom stereocenters. The number of H-pyrrole nitrogens is 1. The van der Waals surface area contributed by atoms with Crippen LogP contribution in [0.3, 0.4) is 0 Å². The normalized spacial score (nSPS) is 19.7. The molecule has 130 valence electrons. The number of carbonyl (C=O) groups is 1. The van der Waals surface area contributed by atoms with Crippen LogP contribution in [0.15, 0.2) is 30.5 Å². The molecule has 0 spiro atoms. The standard InChI is InChI=1S/C17H21FN4O.ClH/c1-17(2)10-22(8-7-14(17)19)16(23)12-9-20-21-15(12)11-5-3-4-6-13(11)18;/h3-6,9,14H,7-8,10,19H2,1-2H3,(H,20,21);1H. The summed E-state index contributed by atoms with van der Waals surface area (Å²) in [4.78, 5) is 14.6. The molecule has 1 amide bonds. The molecule has 2 heterocycles. The summed E-state index contributed by atoms with van der Waals surface area (Å²) in [6.45, 7) is 5.30. The molecule has 0 bridgehead atoms. The SMILES string of the molecule is CC1(C)CN(C(=O)c2cn[nH]c2-c2ccccc2F)CCC1N.Cl. The van der Waals surface area contributed by atoms with Crippen molar-refractivity contribution >= 4 is 18.3 Å². The predicted octanol–water partition coefficient (Wildman–Crippen LogP) is 2.84. The first-order chi connectivity index (χ1) is 10.9. The number of nitrogens with one attached hydrogen (secondary N) is 1. The second kappa shape index (κ2) is 6.91. The molecule has 0 aliphatic carbocycles. The fourth-order valence-electron chi connectivity index (χ4n) is 3.04. The Kier molecular flexibility index (Phi) is 5.30. The molecule has 1 aliphatic heterocycles. The van der Waals surface area contributed by atoms with Crippen molar-refractivity contribution in [2.75, 3.05) is 13.1 Å². The Morgan fingerprint density at radius 3 is 2.79 bits per heavy atom. The molecule has 3 N–H and O–H groups in total. The van der Waals surface area contributed by atoms with Gasteiger partial charge in [-0.1, -0.05) is 26.0 Å². The number of benzene rings is 1. The van der Waals surface area contributed by atoms with Gasteiger partial charge in [-0.25, -0.2) is 4.39 Å². The molecule has 1 aliphatic rings. The zero-order valence-electron chi connectivity index (χ0n) is 13.8. The van der Waals surface area contributed by atoms with E-state index in [1.807, 2.05) is 0 Å². The molecular formula is C17H22ClFN4O. The summed E-state index contributed by atoms with van der Waals surface area (Å²) < 4.78 is 14.0. The zero-order chi connectivity index (χ0) is 16.6. The third-order valence-electron chi connectivity index (χ3n) is 4.61. The molecule has 1 fully saturated rings. The Morgan fingerprint density at radius 1 is 1.42 bits per heavy atom. The van der Waals surface area contributed by atoms with Crippen molar-refractivity contribution in [2.24, 2.45) is 11.1 Å². The number of piperidine rings is 1. The van der Waals surface area contributed by atoms with Crippen molar-refractivity contribution in [1.82, 2.24) is 15.1 Å². The maximum atomic E-state index is 14.0. The van der Waals surface area contributed by atoms with Gasteiger partial charge < -0.3 is 10.6 Å². The first-order valence-corrected chi connectivity index (χ1v) is 7.73. The molecule has 1 aromatic heterocycles. The van der Waals surface area contributed by atoms with Crippen LogP contribution in [-0.2, 0) is 0 Å². The van der Waals surface area contributed by atoms with Crippen LogP contribution in [0.2, 0.25) is 0 Å². The highest BCUT2D eigenvalue weighted by atomic mass is 35.5. The van der Waals surface area contributed by atoms with Gasteiger partial charge in [0.1, 0.15) is 5.82 Å². The van der Waals surface area contributed by atoms with Crippen molar-refractivity contribution in [3.05, 3.63) is 41.8 Å². The second-order valence-electron chi connectivity index (χ2n) is 6.75. The second-order valence-corrected chi connectivity index (χ2v) is 6.75. The summed E-state index contributed by atoms with van der Waals surface area (Å²) >= 11 is 0. The van der Waals surface area contributed by atoms with E-state index in [0.717, 1.165) is 6.42 Å². The number of aromatic nitrogens is 2. The van der Waals surface area contributed by atoms with Crippen LogP contribution < -0.4 is 5.73 Å². The van der Waals surface area contributed by atoms with Gasteiger partial charge in [0.15, 0.2) is 0 Å². The van der Waals surface area contributed by atoms with E-state index in [1.165, 1.54) is 12.3 Å². The topological polar surface area (TPSA) is 75.0 Å². The van der Waals surface area contributed by atoms with Crippen LogP contribution in [0.5, 0.6) is 0 Å². The minimum absolute atomic E-state index is 0. The van der Waals surface area contributed by atoms with Crippen molar-refractivity contribution in [3.63, 3.8) is 0 Å². The molecule has 1 atom stereocenters. The molecule has 0 saturated carbocycles. The van der Waals surface area contributed by atoms with Gasteiger partial charge in [-0.2, -0.15) is 5.10 Å². The van der Waals surface area contributed by atoms with E-state index in [0.29, 0.717) is 29.9 Å². The van der Waals surface area contributed by atoms with Crippen molar-refractivity contribution in [2.45, 2.75) is 26.3 Å². The zero-order valence-corrected chi connectivity index (χ0v) is 14.6. The van der Waals surface area contributed by atoms with Crippen LogP contribution in [0.4, 0.5) is 4.39 Å². The number of likely N-dealkylation sites (tertiary alicyclic amines) is 1. The number of nitrogens with two attached hydrogens (primary N) is 1. The predicted molar refractivity (Wildman–Crippen MR) is 93.5 cm³/mol. The monoisotopic (exact) mass is 352 g/mol. The summed E-state index contributed by atoms with van der Waals surface area (Å²) in [6, 6.07) is 6.42. The lowest BCUT2D eigenvalue weighted by molar-refractivity contribution is 0.0534. The van der Waals surface area contributed by atoms with Crippen LogP contribution in [0.1, 0.15) is 30.6 Å². The highest BCUT2D eigenvalue weighted by Crippen LogP contribution is 2.30. The van der Waals surface area contributed by atoms with E-state index in [4.69, 9.17) is 5.73 Å². The number of carbonyl (C=O) groups excluding carboxylic acids is 1. The Hall–Kier alpha value is -1.92. The summed E-state index contributed by atoms with van der Waals surface area (Å²) in [7, 11) is 0. The first kappa shape index (κ1) is 18.4. The summed E-state index contributed by atoms with van der Waals surface area (Å²) in [5.41, 5.74) is 7.14. The fourth-order valence-corrected chi connectivity index (χ4v) is 3.04. The number of amides is 1. The van der Waals surface area contributed by atoms with Crippen molar-refractivity contribution in [1.29, 1.82) is 0 Å². The highest BCUT2D eigenvalue weighted by molar-refractivity contribution is 5.99. The van der Waals surface area contributed by atoms with Gasteiger partial charge in [0, 0.05) is 24.7 Å². The van der Waals surface area contributed by atoms with Gasteiger partial charge in [0.25, 0.3) is 5.91 Å². The van der Waals surface area contributed by atoms with Crippen molar-refractivity contribution in [3.8, 4) is 11.3 Å². The fraction of sp³-hybridized carbons (Fsp3) is 0.412. The Balaban J connectivity index is 0.00000208. The maximum Gasteiger partial charge on any atom is 0.257 e. The van der Waals surface area contributed by atoms with Gasteiger partial charge in [0.05, 0.1) is 17.5 Å². The van der Waals surface area contributed by atoms with Crippen LogP contribution >= 0.6 is 12.4 Å². The average Bonchev–Trinajstić information content (AvgIpc) is 2.99. The third-order valence-corrected chi connectivity index (χ3v) is 4.61. The molecular weight excluding hydrogens is 331 g/mol. The number of hydrogen-bond acceptors (Lipinski definition) is 3. The molecule has 1 aromatic carbocycles. The van der Waals surface area contributed by atoms with Gasteiger partial charge in [-0.05, 0) is 24.0 Å². The lowest BCUT2D eigenvalue weighted by Crippen LogP contribution is -2.54. The number of hydrogen-bond donors (Lipinski definition) is 2. The Bertz CT molecular complexity index is 731. The lowest BCUT2D eigenvalue weighted by atomic mass is 9.79. The summed E-state index contributed by atoms with van der Waals surface area (Å²) in [5, 5.41) is 6.69. The molecule has 7 heteroatoms. The number of halogens is 2. The number of rotatable bonds is 2. The molecule has 24 heavy (non-hydrogen) atoms. The Morgan fingerprint density at radius 2 is 2.12 bits per heavy atom. The minimum Gasteiger partial charge on any atom is -0.338 e. The third kappa shape index (κ3) is 3.30. The van der Waals surface area contributed by atoms with Gasteiger partial charge in [-0.15, -0.1) is 12.4 Å².